The third kappa shape index (κ3) is 3.61. The van der Waals surface area contributed by atoms with Crippen LogP contribution in [0.4, 0.5) is 5.13 Å². The first-order valence-electron chi connectivity index (χ1n) is 7.99. The van der Waals surface area contributed by atoms with Crippen LogP contribution in [-0.4, -0.2) is 28.3 Å². The number of hydrogen-bond donors (Lipinski definition) is 0. The van der Waals surface area contributed by atoms with Crippen LogP contribution < -0.4 is 4.90 Å². The molecule has 0 amide bonds. The van der Waals surface area contributed by atoms with E-state index in [1.54, 1.807) is 22.7 Å². The van der Waals surface area contributed by atoms with E-state index in [4.69, 9.17) is 11.6 Å². The van der Waals surface area contributed by atoms with E-state index in [1.807, 2.05) is 30.5 Å². The number of thiazole rings is 1. The molecule has 0 N–H and O–H groups in total. The van der Waals surface area contributed by atoms with Crippen LogP contribution in [0, 0.1) is 0 Å². The van der Waals surface area contributed by atoms with E-state index in [-0.39, 0.29) is 0 Å². The fourth-order valence-electron chi connectivity index (χ4n) is 3.01. The van der Waals surface area contributed by atoms with Gasteiger partial charge in [0.05, 0.1) is 5.01 Å². The Morgan fingerprint density at radius 2 is 2.08 bits per heavy atom. The number of hydrogen-bond acceptors (Lipinski definition) is 6. The lowest BCUT2D eigenvalue weighted by molar-refractivity contribution is 0.507. The number of nitrogens with zero attached hydrogens (tertiary/aromatic N) is 4. The van der Waals surface area contributed by atoms with E-state index in [1.165, 1.54) is 23.4 Å². The third-order valence-corrected chi connectivity index (χ3v) is 6.39. The lowest BCUT2D eigenvalue weighted by atomic mass is 9.99. The van der Waals surface area contributed by atoms with Gasteiger partial charge >= 0.3 is 0 Å². The third-order valence-electron chi connectivity index (χ3n) is 4.22. The largest absolute Gasteiger partial charge is 0.346 e. The molecule has 1 aromatic carbocycles. The average Bonchev–Trinajstić information content (AvgIpc) is 3.29. The summed E-state index contributed by atoms with van der Waals surface area (Å²) >= 11 is 9.38. The Labute approximate surface area is 154 Å². The summed E-state index contributed by atoms with van der Waals surface area (Å²) in [6.45, 7) is 2.04. The minimum absolute atomic E-state index is 0.516. The zero-order chi connectivity index (χ0) is 16.4. The molecule has 3 heterocycles. The van der Waals surface area contributed by atoms with Gasteiger partial charge in [-0.15, -0.1) is 21.5 Å². The summed E-state index contributed by atoms with van der Waals surface area (Å²) in [7, 11) is 0. The fraction of sp³-hybridized carbons (Fsp3) is 0.353. The molecule has 24 heavy (non-hydrogen) atoms. The van der Waals surface area contributed by atoms with E-state index in [9.17, 15) is 0 Å². The number of aromatic nitrogens is 3. The maximum absolute atomic E-state index is 5.94. The average molecular weight is 377 g/mol. The molecule has 1 atom stereocenters. The van der Waals surface area contributed by atoms with E-state index in [2.05, 4.69) is 25.5 Å². The Morgan fingerprint density at radius 3 is 2.88 bits per heavy atom. The van der Waals surface area contributed by atoms with Gasteiger partial charge in [0.15, 0.2) is 0 Å². The number of halogens is 1. The molecule has 0 spiro atoms. The summed E-state index contributed by atoms with van der Waals surface area (Å²) in [6, 6.07) is 7.93. The minimum atomic E-state index is 0.516. The zero-order valence-corrected chi connectivity index (χ0v) is 15.4. The molecule has 124 valence electrons. The quantitative estimate of drug-likeness (QED) is 0.666. The highest BCUT2D eigenvalue weighted by Crippen LogP contribution is 2.32. The molecule has 7 heteroatoms. The van der Waals surface area contributed by atoms with Crippen LogP contribution in [-0.2, 0) is 6.42 Å². The van der Waals surface area contributed by atoms with Gasteiger partial charge in [-0.3, -0.25) is 0 Å². The highest BCUT2D eigenvalue weighted by atomic mass is 35.5. The van der Waals surface area contributed by atoms with E-state index in [0.717, 1.165) is 34.7 Å². The summed E-state index contributed by atoms with van der Waals surface area (Å²) in [6.07, 6.45) is 5.09. The van der Waals surface area contributed by atoms with Crippen molar-refractivity contribution in [3.63, 3.8) is 0 Å². The van der Waals surface area contributed by atoms with Gasteiger partial charge in [-0.2, -0.15) is 0 Å². The first-order valence-corrected chi connectivity index (χ1v) is 10.1. The highest BCUT2D eigenvalue weighted by Gasteiger charge is 2.25. The van der Waals surface area contributed by atoms with Crippen LogP contribution in [0.1, 0.15) is 34.3 Å². The molecular weight excluding hydrogens is 360 g/mol. The van der Waals surface area contributed by atoms with Gasteiger partial charge in [0, 0.05) is 42.0 Å². The van der Waals surface area contributed by atoms with Gasteiger partial charge in [0.2, 0.25) is 5.13 Å². The second-order valence-corrected chi connectivity index (χ2v) is 8.34. The van der Waals surface area contributed by atoms with Crippen molar-refractivity contribution in [3.05, 3.63) is 56.4 Å². The van der Waals surface area contributed by atoms with Crippen molar-refractivity contribution in [1.29, 1.82) is 0 Å². The van der Waals surface area contributed by atoms with Crippen molar-refractivity contribution in [2.75, 3.05) is 18.0 Å². The molecule has 0 bridgehead atoms. The van der Waals surface area contributed by atoms with Crippen molar-refractivity contribution in [1.82, 2.24) is 15.2 Å². The molecule has 1 fully saturated rings. The fourth-order valence-corrected chi connectivity index (χ4v) is 4.81. The summed E-state index contributed by atoms with van der Waals surface area (Å²) in [5.74, 6) is 0.516. The minimum Gasteiger partial charge on any atom is -0.346 e. The number of piperidine rings is 1. The molecule has 1 aliphatic rings. The molecule has 1 saturated heterocycles. The van der Waals surface area contributed by atoms with Crippen LogP contribution in [0.5, 0.6) is 0 Å². The standard InChI is InChI=1S/C17H17ClN4S2/c18-14-5-3-12(4-6-14)10-15-20-21-17(24-15)22-8-1-2-13(11-22)16-19-7-9-23-16/h3-7,9,13H,1-2,8,10-11H2. The topological polar surface area (TPSA) is 41.9 Å². The monoisotopic (exact) mass is 376 g/mol. The van der Waals surface area contributed by atoms with Crippen LogP contribution in [0.3, 0.4) is 0 Å². The van der Waals surface area contributed by atoms with E-state index in [0.29, 0.717) is 5.92 Å². The molecule has 4 rings (SSSR count). The number of rotatable bonds is 4. The molecule has 0 radical (unpaired) electrons. The molecule has 0 aliphatic carbocycles. The van der Waals surface area contributed by atoms with Crippen LogP contribution >= 0.6 is 34.3 Å². The zero-order valence-electron chi connectivity index (χ0n) is 13.1. The maximum atomic E-state index is 5.94. The van der Waals surface area contributed by atoms with Crippen molar-refractivity contribution < 1.29 is 0 Å². The maximum Gasteiger partial charge on any atom is 0.208 e. The lowest BCUT2D eigenvalue weighted by Crippen LogP contribution is -2.34. The van der Waals surface area contributed by atoms with Crippen molar-refractivity contribution in [2.24, 2.45) is 0 Å². The number of benzene rings is 1. The highest BCUT2D eigenvalue weighted by molar-refractivity contribution is 7.15. The molecule has 3 aromatic rings. The summed E-state index contributed by atoms with van der Waals surface area (Å²) < 4.78 is 0. The van der Waals surface area contributed by atoms with E-state index < -0.39 is 0 Å². The van der Waals surface area contributed by atoms with Gasteiger partial charge in [0.1, 0.15) is 5.01 Å². The van der Waals surface area contributed by atoms with Crippen molar-refractivity contribution >= 4 is 39.4 Å². The molecule has 0 saturated carbocycles. The Bertz CT molecular complexity index is 785. The number of anilines is 1. The molecule has 2 aromatic heterocycles. The predicted octanol–water partition coefficient (Wildman–Crippen LogP) is 4.62. The van der Waals surface area contributed by atoms with Crippen LogP contribution in [0.25, 0.3) is 0 Å². The smallest absolute Gasteiger partial charge is 0.208 e. The summed E-state index contributed by atoms with van der Waals surface area (Å²) in [4.78, 5) is 6.84. The molecule has 1 unspecified atom stereocenters. The van der Waals surface area contributed by atoms with Gasteiger partial charge in [-0.05, 0) is 30.5 Å². The van der Waals surface area contributed by atoms with Crippen LogP contribution in [0.15, 0.2) is 35.8 Å². The first kappa shape index (κ1) is 16.0. The van der Waals surface area contributed by atoms with Gasteiger partial charge < -0.3 is 4.90 Å². The summed E-state index contributed by atoms with van der Waals surface area (Å²) in [5, 5.41) is 14.9. The second kappa shape index (κ2) is 7.17. The molecule has 4 nitrogen and oxygen atoms in total. The summed E-state index contributed by atoms with van der Waals surface area (Å²) in [5.41, 5.74) is 1.21. The van der Waals surface area contributed by atoms with Crippen LogP contribution in [0.2, 0.25) is 5.02 Å². The Balaban J connectivity index is 1.45. The first-order chi connectivity index (χ1) is 11.8. The van der Waals surface area contributed by atoms with Gasteiger partial charge in [-0.1, -0.05) is 35.1 Å². The Hall–Kier alpha value is -1.50. The Morgan fingerprint density at radius 1 is 1.21 bits per heavy atom. The van der Waals surface area contributed by atoms with Crippen molar-refractivity contribution in [2.45, 2.75) is 25.2 Å². The second-order valence-electron chi connectivity index (χ2n) is 5.94. The van der Waals surface area contributed by atoms with Gasteiger partial charge in [-0.25, -0.2) is 4.98 Å². The Kier molecular flexibility index (Phi) is 4.78. The van der Waals surface area contributed by atoms with E-state index >= 15 is 0 Å². The predicted molar refractivity (Wildman–Crippen MR) is 100 cm³/mol. The van der Waals surface area contributed by atoms with Crippen molar-refractivity contribution in [3.8, 4) is 0 Å². The lowest BCUT2D eigenvalue weighted by Gasteiger charge is -2.31. The molecular formula is C17H17ClN4S2. The SMILES string of the molecule is Clc1ccc(Cc2nnc(N3CCCC(c4nccs4)C3)s2)cc1. The molecule has 1 aliphatic heterocycles. The van der Waals surface area contributed by atoms with Gasteiger partial charge in [0.25, 0.3) is 0 Å². The normalized spacial score (nSPS) is 18.0.